The summed E-state index contributed by atoms with van der Waals surface area (Å²) < 4.78 is 1.51. The first-order valence-corrected chi connectivity index (χ1v) is 10.4. The van der Waals surface area contributed by atoms with Crippen molar-refractivity contribution in [2.45, 2.75) is 25.5 Å². The number of hydrogen-bond donors (Lipinski definition) is 1. The van der Waals surface area contributed by atoms with Gasteiger partial charge in [0.1, 0.15) is 0 Å². The first-order chi connectivity index (χ1) is 14.6. The second-order valence-electron chi connectivity index (χ2n) is 7.44. The molecule has 3 heterocycles. The Morgan fingerprint density at radius 3 is 2.60 bits per heavy atom. The SMILES string of the molecule is O=C(c1nc2n(n1)-c1ccc(Cl)cc1C(c1ccccc1)=NC2O)N1CCCCC1. The van der Waals surface area contributed by atoms with Crippen molar-refractivity contribution in [1.82, 2.24) is 19.7 Å². The molecule has 30 heavy (non-hydrogen) atoms. The van der Waals surface area contributed by atoms with Crippen molar-refractivity contribution in [2.24, 2.45) is 4.99 Å². The van der Waals surface area contributed by atoms with E-state index in [9.17, 15) is 9.90 Å². The molecule has 1 atom stereocenters. The minimum atomic E-state index is -1.26. The van der Waals surface area contributed by atoms with Crippen LogP contribution in [0.15, 0.2) is 53.5 Å². The number of halogens is 1. The summed E-state index contributed by atoms with van der Waals surface area (Å²) in [5.74, 6) is 0.0697. The Hall–Kier alpha value is -3.03. The van der Waals surface area contributed by atoms with Gasteiger partial charge in [0, 0.05) is 29.2 Å². The number of fused-ring (bicyclic) bond motifs is 3. The zero-order valence-electron chi connectivity index (χ0n) is 16.2. The molecule has 1 N–H and O–H groups in total. The van der Waals surface area contributed by atoms with Crippen LogP contribution in [-0.2, 0) is 0 Å². The van der Waals surface area contributed by atoms with Gasteiger partial charge in [0.05, 0.1) is 11.4 Å². The minimum absolute atomic E-state index is 0.0743. The van der Waals surface area contributed by atoms with Gasteiger partial charge in [0.2, 0.25) is 12.1 Å². The molecule has 3 aromatic rings. The van der Waals surface area contributed by atoms with Crippen molar-refractivity contribution in [2.75, 3.05) is 13.1 Å². The molecule has 2 aromatic carbocycles. The molecule has 7 nitrogen and oxygen atoms in total. The molecule has 152 valence electrons. The molecule has 1 unspecified atom stereocenters. The average molecular weight is 422 g/mol. The van der Waals surface area contributed by atoms with Crippen LogP contribution in [0.2, 0.25) is 5.02 Å². The van der Waals surface area contributed by atoms with Gasteiger partial charge in [-0.05, 0) is 37.5 Å². The predicted octanol–water partition coefficient (Wildman–Crippen LogP) is 3.39. The molecular formula is C22H20ClN5O2. The number of carbonyl (C=O) groups is 1. The number of amides is 1. The number of aliphatic imine (C=N–C) groups is 1. The van der Waals surface area contributed by atoms with Crippen LogP contribution >= 0.6 is 11.6 Å². The van der Waals surface area contributed by atoms with Crippen molar-refractivity contribution in [1.29, 1.82) is 0 Å². The van der Waals surface area contributed by atoms with Crippen LogP contribution < -0.4 is 0 Å². The highest BCUT2D eigenvalue weighted by Gasteiger charge is 2.30. The maximum Gasteiger partial charge on any atom is 0.293 e. The Morgan fingerprint density at radius 2 is 1.83 bits per heavy atom. The van der Waals surface area contributed by atoms with E-state index in [0.29, 0.717) is 35.1 Å². The third-order valence-corrected chi connectivity index (χ3v) is 5.67. The number of hydrogen-bond acceptors (Lipinski definition) is 5. The summed E-state index contributed by atoms with van der Waals surface area (Å²) in [4.78, 5) is 23.6. The summed E-state index contributed by atoms with van der Waals surface area (Å²) in [7, 11) is 0. The Morgan fingerprint density at radius 1 is 1.07 bits per heavy atom. The molecular weight excluding hydrogens is 402 g/mol. The van der Waals surface area contributed by atoms with Crippen LogP contribution in [0.25, 0.3) is 5.69 Å². The van der Waals surface area contributed by atoms with Gasteiger partial charge >= 0.3 is 0 Å². The van der Waals surface area contributed by atoms with Gasteiger partial charge in [-0.15, -0.1) is 5.10 Å². The molecule has 1 fully saturated rings. The number of carbonyl (C=O) groups excluding carboxylic acids is 1. The number of nitrogens with zero attached hydrogens (tertiary/aromatic N) is 5. The second-order valence-corrected chi connectivity index (χ2v) is 7.87. The zero-order valence-corrected chi connectivity index (χ0v) is 17.0. The van der Waals surface area contributed by atoms with E-state index in [1.54, 1.807) is 17.0 Å². The topological polar surface area (TPSA) is 83.6 Å². The van der Waals surface area contributed by atoms with Crippen molar-refractivity contribution in [3.05, 3.63) is 76.3 Å². The van der Waals surface area contributed by atoms with E-state index in [1.165, 1.54) is 4.68 Å². The van der Waals surface area contributed by atoms with Crippen LogP contribution in [-0.4, -0.2) is 49.5 Å². The highest BCUT2D eigenvalue weighted by Crippen LogP contribution is 2.30. The van der Waals surface area contributed by atoms with E-state index in [2.05, 4.69) is 15.1 Å². The lowest BCUT2D eigenvalue weighted by Gasteiger charge is -2.25. The summed E-state index contributed by atoms with van der Waals surface area (Å²) >= 11 is 6.28. The molecule has 0 aliphatic carbocycles. The van der Waals surface area contributed by atoms with E-state index in [1.807, 2.05) is 36.4 Å². The number of aromatic nitrogens is 3. The number of likely N-dealkylation sites (tertiary alicyclic amines) is 1. The van der Waals surface area contributed by atoms with Crippen molar-refractivity contribution in [3.8, 4) is 5.69 Å². The molecule has 0 radical (unpaired) electrons. The first-order valence-electron chi connectivity index (χ1n) is 9.99. The van der Waals surface area contributed by atoms with Crippen LogP contribution in [0.3, 0.4) is 0 Å². The fourth-order valence-corrected chi connectivity index (χ4v) is 4.13. The van der Waals surface area contributed by atoms with Crippen molar-refractivity contribution >= 4 is 23.2 Å². The van der Waals surface area contributed by atoms with E-state index >= 15 is 0 Å². The minimum Gasteiger partial charge on any atom is -0.365 e. The molecule has 5 rings (SSSR count). The van der Waals surface area contributed by atoms with Gasteiger partial charge in [0.25, 0.3) is 5.91 Å². The molecule has 2 aliphatic rings. The fraction of sp³-hybridized carbons (Fsp3) is 0.273. The Kier molecular flexibility index (Phi) is 4.84. The first kappa shape index (κ1) is 19.0. The fourth-order valence-electron chi connectivity index (χ4n) is 3.96. The normalized spacial score (nSPS) is 18.3. The molecule has 2 aliphatic heterocycles. The third kappa shape index (κ3) is 3.30. The van der Waals surface area contributed by atoms with Gasteiger partial charge in [-0.2, -0.15) is 0 Å². The lowest BCUT2D eigenvalue weighted by atomic mass is 10.0. The van der Waals surface area contributed by atoms with Gasteiger partial charge in [-0.3, -0.25) is 4.79 Å². The number of aliphatic hydroxyl groups is 1. The lowest BCUT2D eigenvalue weighted by molar-refractivity contribution is 0.0712. The number of benzene rings is 2. The Labute approximate surface area is 178 Å². The molecule has 8 heteroatoms. The van der Waals surface area contributed by atoms with Crippen LogP contribution in [0.4, 0.5) is 0 Å². The monoisotopic (exact) mass is 421 g/mol. The lowest BCUT2D eigenvalue weighted by Crippen LogP contribution is -2.36. The predicted molar refractivity (Wildman–Crippen MR) is 113 cm³/mol. The molecule has 0 saturated carbocycles. The molecule has 1 saturated heterocycles. The second kappa shape index (κ2) is 7.66. The van der Waals surface area contributed by atoms with Crippen molar-refractivity contribution in [3.63, 3.8) is 0 Å². The standard InChI is InChI=1S/C22H20ClN5O2/c23-15-9-10-17-16(13-15)18(14-7-3-1-4-8-14)24-21(29)20-25-19(26-28(17)20)22(30)27-11-5-2-6-12-27/h1,3-4,7-10,13,21,29H,2,5-6,11-12H2. The van der Waals surface area contributed by atoms with E-state index < -0.39 is 6.23 Å². The summed E-state index contributed by atoms with van der Waals surface area (Å²) in [5.41, 5.74) is 2.82. The number of rotatable bonds is 2. The van der Waals surface area contributed by atoms with Crippen LogP contribution in [0.1, 0.15) is 53.1 Å². The van der Waals surface area contributed by atoms with Gasteiger partial charge in [-0.1, -0.05) is 41.9 Å². The number of piperidine rings is 1. The molecule has 1 aromatic heterocycles. The van der Waals surface area contributed by atoms with E-state index in [4.69, 9.17) is 11.6 Å². The molecule has 0 spiro atoms. The van der Waals surface area contributed by atoms with Gasteiger partial charge in [0.15, 0.2) is 5.82 Å². The highest BCUT2D eigenvalue weighted by atomic mass is 35.5. The summed E-state index contributed by atoms with van der Waals surface area (Å²) in [6.07, 6.45) is 1.82. The van der Waals surface area contributed by atoms with Gasteiger partial charge in [-0.25, -0.2) is 14.7 Å². The largest absolute Gasteiger partial charge is 0.365 e. The average Bonchev–Trinajstić information content (AvgIpc) is 3.19. The van der Waals surface area contributed by atoms with Crippen molar-refractivity contribution < 1.29 is 9.90 Å². The highest BCUT2D eigenvalue weighted by molar-refractivity contribution is 6.31. The maximum absolute atomic E-state index is 12.9. The quantitative estimate of drug-likeness (QED) is 0.687. The number of aliphatic hydroxyl groups excluding tert-OH is 1. The zero-order chi connectivity index (χ0) is 20.7. The molecule has 1 amide bonds. The smallest absolute Gasteiger partial charge is 0.293 e. The van der Waals surface area contributed by atoms with Gasteiger partial charge < -0.3 is 10.0 Å². The van der Waals surface area contributed by atoms with E-state index in [-0.39, 0.29) is 17.6 Å². The Balaban J connectivity index is 1.63. The summed E-state index contributed by atoms with van der Waals surface area (Å²) in [5, 5.41) is 15.9. The van der Waals surface area contributed by atoms with Crippen LogP contribution in [0, 0.1) is 0 Å². The van der Waals surface area contributed by atoms with Crippen LogP contribution in [0.5, 0.6) is 0 Å². The summed E-state index contributed by atoms with van der Waals surface area (Å²) in [6.45, 7) is 1.40. The maximum atomic E-state index is 12.9. The third-order valence-electron chi connectivity index (χ3n) is 5.44. The molecule has 0 bridgehead atoms. The van der Waals surface area contributed by atoms with E-state index in [0.717, 1.165) is 24.8 Å². The summed E-state index contributed by atoms with van der Waals surface area (Å²) in [6, 6.07) is 14.9. The Bertz CT molecular complexity index is 1140.